The summed E-state index contributed by atoms with van der Waals surface area (Å²) in [6, 6.07) is 16.4. The summed E-state index contributed by atoms with van der Waals surface area (Å²) < 4.78 is 5.47. The van der Waals surface area contributed by atoms with E-state index in [4.69, 9.17) is 39.5 Å². The summed E-state index contributed by atoms with van der Waals surface area (Å²) in [6.07, 6.45) is 0. The molecule has 3 aromatic carbocycles. The molecule has 3 aromatic rings. The number of ether oxygens (including phenoxy) is 1. The summed E-state index contributed by atoms with van der Waals surface area (Å²) in [5.74, 6) is -0.225. The third kappa shape index (κ3) is 5.89. The molecule has 3 rings (SSSR count). The van der Waals surface area contributed by atoms with Crippen LogP contribution in [0.5, 0.6) is 5.75 Å². The summed E-state index contributed by atoms with van der Waals surface area (Å²) in [7, 11) is 0. The van der Waals surface area contributed by atoms with Crippen molar-refractivity contribution < 1.29 is 14.3 Å². The molecular formula is C22H17Cl3N2O3. The maximum absolute atomic E-state index is 12.4. The first-order chi connectivity index (χ1) is 14.3. The van der Waals surface area contributed by atoms with Crippen molar-refractivity contribution in [1.82, 2.24) is 0 Å². The van der Waals surface area contributed by atoms with E-state index in [1.54, 1.807) is 54.6 Å². The Balaban J connectivity index is 1.54. The van der Waals surface area contributed by atoms with Gasteiger partial charge >= 0.3 is 0 Å². The van der Waals surface area contributed by atoms with Crippen molar-refractivity contribution in [3.8, 4) is 5.75 Å². The zero-order chi connectivity index (χ0) is 21.7. The summed E-state index contributed by atoms with van der Waals surface area (Å²) in [5, 5.41) is 6.83. The number of amides is 2. The van der Waals surface area contributed by atoms with Gasteiger partial charge in [-0.1, -0.05) is 40.9 Å². The number of rotatable bonds is 6. The Kier molecular flexibility index (Phi) is 7.21. The Morgan fingerprint density at radius 3 is 2.30 bits per heavy atom. The summed E-state index contributed by atoms with van der Waals surface area (Å²) in [5.41, 5.74) is 2.33. The lowest BCUT2D eigenvalue weighted by atomic mass is 10.2. The fourth-order valence-corrected chi connectivity index (χ4v) is 3.02. The topological polar surface area (TPSA) is 67.4 Å². The first-order valence-electron chi connectivity index (χ1n) is 8.87. The molecule has 8 heteroatoms. The number of carbonyl (C=O) groups excluding carboxylic acids is 2. The molecule has 0 aliphatic carbocycles. The van der Waals surface area contributed by atoms with Gasteiger partial charge in [0.05, 0.1) is 10.7 Å². The molecule has 0 aliphatic heterocycles. The standard InChI is InChI=1S/C22H17Cl3N2O3/c1-13-2-6-16(11-19(13)25)26-21(28)12-30-17-7-3-14(4-8-17)22(29)27-20-10-15(23)5-9-18(20)24/h2-11H,12H2,1H3,(H,26,28)(H,27,29). The lowest BCUT2D eigenvalue weighted by molar-refractivity contribution is -0.118. The summed E-state index contributed by atoms with van der Waals surface area (Å²) in [4.78, 5) is 24.4. The van der Waals surface area contributed by atoms with Crippen LogP contribution in [0.1, 0.15) is 15.9 Å². The number of anilines is 2. The van der Waals surface area contributed by atoms with Gasteiger partial charge in [-0.15, -0.1) is 0 Å². The molecule has 0 fully saturated rings. The minimum absolute atomic E-state index is 0.185. The van der Waals surface area contributed by atoms with Gasteiger partial charge in [0, 0.05) is 21.3 Å². The molecule has 2 N–H and O–H groups in total. The maximum atomic E-state index is 12.4. The largest absolute Gasteiger partial charge is 0.484 e. The van der Waals surface area contributed by atoms with Crippen LogP contribution in [-0.2, 0) is 4.79 Å². The molecule has 0 aromatic heterocycles. The number of nitrogens with one attached hydrogen (secondary N) is 2. The van der Waals surface area contributed by atoms with Gasteiger partial charge in [0.2, 0.25) is 0 Å². The van der Waals surface area contributed by atoms with E-state index in [2.05, 4.69) is 10.6 Å². The van der Waals surface area contributed by atoms with Gasteiger partial charge in [0.1, 0.15) is 5.75 Å². The number of halogens is 3. The molecule has 0 aliphatic rings. The second-order valence-corrected chi connectivity index (χ2v) is 7.65. The highest BCUT2D eigenvalue weighted by Gasteiger charge is 2.10. The molecule has 0 atom stereocenters. The van der Waals surface area contributed by atoms with Crippen LogP contribution < -0.4 is 15.4 Å². The average Bonchev–Trinajstić information content (AvgIpc) is 2.72. The lowest BCUT2D eigenvalue weighted by Gasteiger charge is -2.10. The molecule has 154 valence electrons. The highest BCUT2D eigenvalue weighted by Crippen LogP contribution is 2.26. The van der Waals surface area contributed by atoms with E-state index in [9.17, 15) is 9.59 Å². The minimum atomic E-state index is -0.347. The predicted molar refractivity (Wildman–Crippen MR) is 121 cm³/mol. The Morgan fingerprint density at radius 1 is 0.867 bits per heavy atom. The molecule has 0 bridgehead atoms. The second kappa shape index (κ2) is 9.85. The minimum Gasteiger partial charge on any atom is -0.484 e. The third-order valence-corrected chi connectivity index (χ3v) is 5.09. The number of hydrogen-bond acceptors (Lipinski definition) is 3. The van der Waals surface area contributed by atoms with E-state index < -0.39 is 0 Å². The van der Waals surface area contributed by atoms with E-state index in [1.807, 2.05) is 13.0 Å². The van der Waals surface area contributed by atoms with Crippen LogP contribution in [0.15, 0.2) is 60.7 Å². The van der Waals surface area contributed by atoms with E-state index in [0.29, 0.717) is 37.8 Å². The van der Waals surface area contributed by atoms with Crippen molar-refractivity contribution in [2.24, 2.45) is 0 Å². The predicted octanol–water partition coefficient (Wildman–Crippen LogP) is 6.23. The van der Waals surface area contributed by atoms with Gasteiger partial charge in [-0.05, 0) is 67.1 Å². The van der Waals surface area contributed by atoms with Crippen LogP contribution in [0.3, 0.4) is 0 Å². The zero-order valence-corrected chi connectivity index (χ0v) is 18.1. The van der Waals surface area contributed by atoms with E-state index >= 15 is 0 Å². The normalized spacial score (nSPS) is 10.4. The second-order valence-electron chi connectivity index (χ2n) is 6.40. The Bertz CT molecular complexity index is 1090. The van der Waals surface area contributed by atoms with E-state index in [0.717, 1.165) is 5.56 Å². The van der Waals surface area contributed by atoms with Crippen LogP contribution in [0.4, 0.5) is 11.4 Å². The zero-order valence-electron chi connectivity index (χ0n) is 15.8. The molecule has 0 saturated heterocycles. The molecule has 0 saturated carbocycles. The maximum Gasteiger partial charge on any atom is 0.262 e. The van der Waals surface area contributed by atoms with Gasteiger partial charge in [-0.3, -0.25) is 9.59 Å². The Hall–Kier alpha value is -2.73. The SMILES string of the molecule is Cc1ccc(NC(=O)COc2ccc(C(=O)Nc3cc(Cl)ccc3Cl)cc2)cc1Cl. The van der Waals surface area contributed by atoms with Gasteiger partial charge in [0.25, 0.3) is 11.8 Å². The molecule has 0 unspecified atom stereocenters. The highest BCUT2D eigenvalue weighted by atomic mass is 35.5. The van der Waals surface area contributed by atoms with E-state index in [1.165, 1.54) is 0 Å². The fourth-order valence-electron chi connectivity index (χ4n) is 2.51. The number of aryl methyl sites for hydroxylation is 1. The molecular weight excluding hydrogens is 447 g/mol. The first-order valence-corrected chi connectivity index (χ1v) is 10.0. The smallest absolute Gasteiger partial charge is 0.262 e. The van der Waals surface area contributed by atoms with Gasteiger partial charge in [-0.25, -0.2) is 0 Å². The molecule has 0 radical (unpaired) electrons. The Labute approximate surface area is 188 Å². The van der Waals surface area contributed by atoms with Gasteiger partial charge < -0.3 is 15.4 Å². The summed E-state index contributed by atoms with van der Waals surface area (Å²) in [6.45, 7) is 1.69. The van der Waals surface area contributed by atoms with Gasteiger partial charge in [-0.2, -0.15) is 0 Å². The van der Waals surface area contributed by atoms with Crippen molar-refractivity contribution >= 4 is 58.0 Å². The Morgan fingerprint density at radius 2 is 1.60 bits per heavy atom. The third-order valence-electron chi connectivity index (χ3n) is 4.12. The molecule has 0 spiro atoms. The number of benzene rings is 3. The van der Waals surface area contributed by atoms with Gasteiger partial charge in [0.15, 0.2) is 6.61 Å². The molecule has 2 amide bonds. The van der Waals surface area contributed by atoms with Crippen LogP contribution >= 0.6 is 34.8 Å². The monoisotopic (exact) mass is 462 g/mol. The first kappa shape index (κ1) is 22.0. The summed E-state index contributed by atoms with van der Waals surface area (Å²) >= 11 is 18.0. The molecule has 30 heavy (non-hydrogen) atoms. The van der Waals surface area contributed by atoms with Crippen molar-refractivity contribution in [2.75, 3.05) is 17.2 Å². The van der Waals surface area contributed by atoms with Crippen molar-refractivity contribution in [2.45, 2.75) is 6.92 Å². The fraction of sp³-hybridized carbons (Fsp3) is 0.0909. The highest BCUT2D eigenvalue weighted by molar-refractivity contribution is 6.36. The van der Waals surface area contributed by atoms with Crippen molar-refractivity contribution in [3.05, 3.63) is 86.9 Å². The number of carbonyl (C=O) groups is 2. The van der Waals surface area contributed by atoms with E-state index in [-0.39, 0.29) is 18.4 Å². The average molecular weight is 464 g/mol. The molecule has 0 heterocycles. The quantitative estimate of drug-likeness (QED) is 0.456. The molecule has 5 nitrogen and oxygen atoms in total. The number of hydrogen-bond donors (Lipinski definition) is 2. The van der Waals surface area contributed by atoms with Crippen LogP contribution in [0.25, 0.3) is 0 Å². The van der Waals surface area contributed by atoms with Crippen LogP contribution in [-0.4, -0.2) is 18.4 Å². The van der Waals surface area contributed by atoms with Crippen LogP contribution in [0, 0.1) is 6.92 Å². The van der Waals surface area contributed by atoms with Crippen molar-refractivity contribution in [1.29, 1.82) is 0 Å². The van der Waals surface area contributed by atoms with Crippen molar-refractivity contribution in [3.63, 3.8) is 0 Å². The lowest BCUT2D eigenvalue weighted by Crippen LogP contribution is -2.20. The van der Waals surface area contributed by atoms with Crippen LogP contribution in [0.2, 0.25) is 15.1 Å².